The minimum Gasteiger partial charge on any atom is -0.497 e. The number of hydrogen-bond donors (Lipinski definition) is 0. The van der Waals surface area contributed by atoms with Crippen molar-refractivity contribution in [3.63, 3.8) is 0 Å². The summed E-state index contributed by atoms with van der Waals surface area (Å²) in [6.45, 7) is 5.43. The topological polar surface area (TPSA) is 47.4 Å². The van der Waals surface area contributed by atoms with E-state index >= 15 is 0 Å². The van der Waals surface area contributed by atoms with Crippen molar-refractivity contribution in [2.45, 2.75) is 33.2 Å². The van der Waals surface area contributed by atoms with Crippen molar-refractivity contribution in [3.8, 4) is 5.75 Å². The van der Waals surface area contributed by atoms with E-state index in [0.717, 1.165) is 36.5 Å². The lowest BCUT2D eigenvalue weighted by Gasteiger charge is -2.37. The standard InChI is InChI=1S/C18H23N3O2/c1-18(2)10-4-12-20(17(18)22)16-9-11-19-21(16)13-14-5-7-15(23-3)8-6-14/h5-9,11H,4,10,12-13H2,1-3H3. The Balaban J connectivity index is 1.83. The number of ether oxygens (including phenoxy) is 1. The van der Waals surface area contributed by atoms with Gasteiger partial charge in [0.25, 0.3) is 0 Å². The first-order chi connectivity index (χ1) is 11.0. The Morgan fingerprint density at radius 1 is 1.22 bits per heavy atom. The molecule has 122 valence electrons. The third-order valence-electron chi connectivity index (χ3n) is 4.47. The molecule has 2 heterocycles. The van der Waals surface area contributed by atoms with E-state index in [9.17, 15) is 4.79 Å². The van der Waals surface area contributed by atoms with Crippen LogP contribution in [0.1, 0.15) is 32.3 Å². The maximum Gasteiger partial charge on any atom is 0.233 e. The van der Waals surface area contributed by atoms with Crippen LogP contribution in [-0.2, 0) is 11.3 Å². The highest BCUT2D eigenvalue weighted by molar-refractivity contribution is 5.97. The van der Waals surface area contributed by atoms with Crippen LogP contribution in [0, 0.1) is 5.41 Å². The van der Waals surface area contributed by atoms with Gasteiger partial charge in [-0.15, -0.1) is 0 Å². The van der Waals surface area contributed by atoms with Gasteiger partial charge in [0.2, 0.25) is 5.91 Å². The second-order valence-electron chi connectivity index (χ2n) is 6.64. The average Bonchev–Trinajstić information content (AvgIpc) is 2.99. The number of carbonyl (C=O) groups is 1. The Morgan fingerprint density at radius 3 is 2.65 bits per heavy atom. The molecule has 1 aliphatic heterocycles. The van der Waals surface area contributed by atoms with Gasteiger partial charge in [0.15, 0.2) is 0 Å². The minimum absolute atomic E-state index is 0.181. The third kappa shape index (κ3) is 3.09. The third-order valence-corrected chi connectivity index (χ3v) is 4.47. The van der Waals surface area contributed by atoms with E-state index in [4.69, 9.17) is 4.74 Å². The molecule has 0 unspecified atom stereocenters. The second kappa shape index (κ2) is 6.07. The highest BCUT2D eigenvalue weighted by atomic mass is 16.5. The number of aromatic nitrogens is 2. The summed E-state index contributed by atoms with van der Waals surface area (Å²) < 4.78 is 7.07. The molecule has 1 aromatic carbocycles. The number of amides is 1. The monoisotopic (exact) mass is 313 g/mol. The largest absolute Gasteiger partial charge is 0.497 e. The molecule has 1 amide bonds. The fourth-order valence-corrected chi connectivity index (χ4v) is 3.05. The lowest BCUT2D eigenvalue weighted by molar-refractivity contribution is -0.128. The van der Waals surface area contributed by atoms with Crippen LogP contribution >= 0.6 is 0 Å². The zero-order valence-corrected chi connectivity index (χ0v) is 14.0. The van der Waals surface area contributed by atoms with Crippen LogP contribution in [0.3, 0.4) is 0 Å². The van der Waals surface area contributed by atoms with Crippen LogP contribution in [0.2, 0.25) is 0 Å². The smallest absolute Gasteiger partial charge is 0.233 e. The maximum absolute atomic E-state index is 12.7. The van der Waals surface area contributed by atoms with E-state index < -0.39 is 0 Å². The Morgan fingerprint density at radius 2 is 1.96 bits per heavy atom. The number of nitrogens with zero attached hydrogens (tertiary/aromatic N) is 3. The molecular weight excluding hydrogens is 290 g/mol. The number of carbonyl (C=O) groups excluding carboxylic acids is 1. The molecule has 1 saturated heterocycles. The fourth-order valence-electron chi connectivity index (χ4n) is 3.05. The fraction of sp³-hybridized carbons (Fsp3) is 0.444. The van der Waals surface area contributed by atoms with Crippen LogP contribution in [0.25, 0.3) is 0 Å². The molecule has 1 aliphatic rings. The Hall–Kier alpha value is -2.30. The van der Waals surface area contributed by atoms with Crippen LogP contribution in [-0.4, -0.2) is 29.3 Å². The van der Waals surface area contributed by atoms with Crippen LogP contribution in [0.4, 0.5) is 5.82 Å². The van der Waals surface area contributed by atoms with Crippen molar-refractivity contribution in [1.29, 1.82) is 0 Å². The summed E-state index contributed by atoms with van der Waals surface area (Å²) in [5.74, 6) is 1.89. The molecule has 5 heteroatoms. The Kier molecular flexibility index (Phi) is 4.11. The van der Waals surface area contributed by atoms with Gasteiger partial charge in [0, 0.05) is 18.0 Å². The summed E-state index contributed by atoms with van der Waals surface area (Å²) in [7, 11) is 1.66. The first kappa shape index (κ1) is 15.6. The molecule has 3 rings (SSSR count). The first-order valence-electron chi connectivity index (χ1n) is 7.98. The van der Waals surface area contributed by atoms with Gasteiger partial charge in [0.1, 0.15) is 11.6 Å². The van der Waals surface area contributed by atoms with Gasteiger partial charge in [-0.1, -0.05) is 26.0 Å². The van der Waals surface area contributed by atoms with Gasteiger partial charge in [-0.05, 0) is 30.5 Å². The summed E-state index contributed by atoms with van der Waals surface area (Å²) in [6, 6.07) is 9.84. The zero-order valence-electron chi connectivity index (χ0n) is 14.0. The van der Waals surface area contributed by atoms with E-state index in [1.54, 1.807) is 13.3 Å². The van der Waals surface area contributed by atoms with Gasteiger partial charge >= 0.3 is 0 Å². The van der Waals surface area contributed by atoms with Crippen LogP contribution in [0.15, 0.2) is 36.5 Å². The Bertz CT molecular complexity index is 689. The Labute approximate surface area is 136 Å². The lowest BCUT2D eigenvalue weighted by Crippen LogP contribution is -2.46. The molecule has 0 bridgehead atoms. The molecule has 1 aromatic heterocycles. The number of methoxy groups -OCH3 is 1. The number of anilines is 1. The van der Waals surface area contributed by atoms with Crippen molar-refractivity contribution in [2.75, 3.05) is 18.6 Å². The van der Waals surface area contributed by atoms with Crippen LogP contribution < -0.4 is 9.64 Å². The van der Waals surface area contributed by atoms with Gasteiger partial charge in [-0.25, -0.2) is 4.68 Å². The van der Waals surface area contributed by atoms with Gasteiger partial charge < -0.3 is 4.74 Å². The van der Waals surface area contributed by atoms with Gasteiger partial charge in [0.05, 0.1) is 19.9 Å². The van der Waals surface area contributed by atoms with Crippen molar-refractivity contribution in [3.05, 3.63) is 42.1 Å². The molecule has 0 spiro atoms. The van der Waals surface area contributed by atoms with Crippen LogP contribution in [0.5, 0.6) is 5.75 Å². The summed E-state index contributed by atoms with van der Waals surface area (Å²) in [5, 5.41) is 4.40. The first-order valence-corrected chi connectivity index (χ1v) is 7.98. The SMILES string of the molecule is COc1ccc(Cn2nccc2N2CCCC(C)(C)C2=O)cc1. The normalized spacial score (nSPS) is 17.3. The van der Waals surface area contributed by atoms with E-state index in [1.807, 2.05) is 53.8 Å². The summed E-state index contributed by atoms with van der Waals surface area (Å²) in [4.78, 5) is 14.6. The average molecular weight is 313 g/mol. The summed E-state index contributed by atoms with van der Waals surface area (Å²) in [5.41, 5.74) is 0.826. The van der Waals surface area contributed by atoms with E-state index in [0.29, 0.717) is 6.54 Å². The molecule has 5 nitrogen and oxygen atoms in total. The van der Waals surface area contributed by atoms with Crippen molar-refractivity contribution in [2.24, 2.45) is 5.41 Å². The molecule has 0 aliphatic carbocycles. The highest BCUT2D eigenvalue weighted by Gasteiger charge is 2.37. The zero-order chi connectivity index (χ0) is 16.4. The molecule has 0 saturated carbocycles. The van der Waals surface area contributed by atoms with Gasteiger partial charge in [-0.3, -0.25) is 9.69 Å². The van der Waals surface area contributed by atoms with E-state index in [1.165, 1.54) is 0 Å². The highest BCUT2D eigenvalue weighted by Crippen LogP contribution is 2.33. The molecule has 0 atom stereocenters. The molecule has 23 heavy (non-hydrogen) atoms. The molecule has 1 fully saturated rings. The lowest BCUT2D eigenvalue weighted by atomic mass is 9.83. The number of piperidine rings is 1. The molecular formula is C18H23N3O2. The molecule has 0 N–H and O–H groups in total. The summed E-state index contributed by atoms with van der Waals surface area (Å²) >= 11 is 0. The molecule has 0 radical (unpaired) electrons. The van der Waals surface area contributed by atoms with Gasteiger partial charge in [-0.2, -0.15) is 5.10 Å². The number of hydrogen-bond acceptors (Lipinski definition) is 3. The van der Waals surface area contributed by atoms with E-state index in [-0.39, 0.29) is 11.3 Å². The predicted octanol–water partition coefficient (Wildman–Crippen LogP) is 3.09. The molecule has 2 aromatic rings. The quantitative estimate of drug-likeness (QED) is 0.871. The predicted molar refractivity (Wildman–Crippen MR) is 89.7 cm³/mol. The van der Waals surface area contributed by atoms with Crippen molar-refractivity contribution < 1.29 is 9.53 Å². The maximum atomic E-state index is 12.7. The number of rotatable bonds is 4. The number of benzene rings is 1. The minimum atomic E-state index is -0.298. The van der Waals surface area contributed by atoms with Crippen molar-refractivity contribution in [1.82, 2.24) is 9.78 Å². The van der Waals surface area contributed by atoms with E-state index in [2.05, 4.69) is 5.10 Å². The summed E-state index contributed by atoms with van der Waals surface area (Å²) in [6.07, 6.45) is 3.72. The second-order valence-corrected chi connectivity index (χ2v) is 6.64. The van der Waals surface area contributed by atoms with Crippen molar-refractivity contribution >= 4 is 11.7 Å².